The second-order valence-electron chi connectivity index (χ2n) is 7.65. The molecule has 3 aromatic rings. The zero-order chi connectivity index (χ0) is 22.3. The summed E-state index contributed by atoms with van der Waals surface area (Å²) in [5, 5.41) is 1.34. The fourth-order valence-corrected chi connectivity index (χ4v) is 4.58. The molecule has 0 saturated carbocycles. The molecule has 0 spiro atoms. The molecule has 8 heteroatoms. The molecule has 1 aromatic carbocycles. The normalized spacial score (nSPS) is 16.2. The highest BCUT2D eigenvalue weighted by atomic mass is 32.2. The Labute approximate surface area is 183 Å². The van der Waals surface area contributed by atoms with E-state index in [0.717, 1.165) is 27.6 Å². The van der Waals surface area contributed by atoms with Gasteiger partial charge in [-0.05, 0) is 43.2 Å². The SMILES string of the molecule is C=C(C)C(=O)N(Cc1ccc2c3c(c(N)nc2c1)C(C)OC3)c1cccnc1S(C)=O. The van der Waals surface area contributed by atoms with E-state index in [1.54, 1.807) is 36.4 Å². The molecule has 1 amide bonds. The maximum absolute atomic E-state index is 13.0. The van der Waals surface area contributed by atoms with Gasteiger partial charge in [-0.15, -0.1) is 0 Å². The summed E-state index contributed by atoms with van der Waals surface area (Å²) in [6.07, 6.45) is 3.03. The van der Waals surface area contributed by atoms with E-state index in [9.17, 15) is 9.00 Å². The molecule has 160 valence electrons. The summed E-state index contributed by atoms with van der Waals surface area (Å²) in [4.78, 5) is 23.3. The molecule has 1 aliphatic rings. The first-order chi connectivity index (χ1) is 14.8. The van der Waals surface area contributed by atoms with Gasteiger partial charge < -0.3 is 15.4 Å². The van der Waals surface area contributed by atoms with Crippen molar-refractivity contribution >= 4 is 39.1 Å². The van der Waals surface area contributed by atoms with E-state index >= 15 is 0 Å². The van der Waals surface area contributed by atoms with Gasteiger partial charge in [0.1, 0.15) is 5.82 Å². The number of ether oxygens (including phenoxy) is 1. The van der Waals surface area contributed by atoms with E-state index in [-0.39, 0.29) is 18.6 Å². The summed E-state index contributed by atoms with van der Waals surface area (Å²) in [5.41, 5.74) is 10.7. The molecular weight excluding hydrogens is 412 g/mol. The van der Waals surface area contributed by atoms with Gasteiger partial charge in [-0.3, -0.25) is 9.00 Å². The standard InChI is InChI=1S/C23H24N4O3S/c1-13(2)23(28)27(19-6-5-9-25-22(19)31(4)29)11-15-7-8-16-17-12-30-14(3)20(17)21(24)26-18(16)10-15/h5-10,14H,1,11-12H2,2-4H3,(H2,24,26). The molecule has 0 aliphatic carbocycles. The van der Waals surface area contributed by atoms with Crippen LogP contribution in [0.15, 0.2) is 53.7 Å². The number of hydrogen-bond donors (Lipinski definition) is 1. The molecular formula is C23H24N4O3S. The monoisotopic (exact) mass is 436 g/mol. The van der Waals surface area contributed by atoms with E-state index < -0.39 is 10.8 Å². The van der Waals surface area contributed by atoms with Gasteiger partial charge in [0.15, 0.2) is 5.03 Å². The Bertz CT molecular complexity index is 1240. The number of nitrogens with zero attached hydrogens (tertiary/aromatic N) is 3. The second kappa shape index (κ2) is 8.20. The zero-order valence-electron chi connectivity index (χ0n) is 17.7. The number of carbonyl (C=O) groups is 1. The molecule has 0 fully saturated rings. The van der Waals surface area contributed by atoms with Crippen molar-refractivity contribution in [3.8, 4) is 0 Å². The lowest BCUT2D eigenvalue weighted by Crippen LogP contribution is -2.32. The number of pyridine rings is 2. The number of carbonyl (C=O) groups excluding carboxylic acids is 1. The van der Waals surface area contributed by atoms with Crippen LogP contribution in [0.4, 0.5) is 11.5 Å². The van der Waals surface area contributed by atoms with Gasteiger partial charge in [0.05, 0.1) is 41.3 Å². The molecule has 3 heterocycles. The molecule has 2 atom stereocenters. The van der Waals surface area contributed by atoms with Gasteiger partial charge in [-0.1, -0.05) is 18.7 Å². The van der Waals surface area contributed by atoms with Crippen LogP contribution in [0.3, 0.4) is 0 Å². The Balaban J connectivity index is 1.78. The molecule has 0 saturated heterocycles. The van der Waals surface area contributed by atoms with Crippen LogP contribution in [0.25, 0.3) is 10.9 Å². The van der Waals surface area contributed by atoms with Crippen molar-refractivity contribution in [2.45, 2.75) is 38.1 Å². The van der Waals surface area contributed by atoms with Crippen LogP contribution in [-0.2, 0) is 33.5 Å². The van der Waals surface area contributed by atoms with Gasteiger partial charge in [-0.25, -0.2) is 9.97 Å². The third kappa shape index (κ3) is 3.84. The van der Waals surface area contributed by atoms with Crippen molar-refractivity contribution in [2.24, 2.45) is 0 Å². The number of nitrogens with two attached hydrogens (primary N) is 1. The van der Waals surface area contributed by atoms with Crippen LogP contribution in [0.1, 0.15) is 36.6 Å². The minimum Gasteiger partial charge on any atom is -0.383 e. The average molecular weight is 437 g/mol. The van der Waals surface area contributed by atoms with Crippen LogP contribution < -0.4 is 10.6 Å². The number of rotatable bonds is 5. The maximum atomic E-state index is 13.0. The van der Waals surface area contributed by atoms with Crippen LogP contribution in [-0.4, -0.2) is 26.3 Å². The number of aromatic nitrogens is 2. The Morgan fingerprint density at radius 3 is 2.87 bits per heavy atom. The van der Waals surface area contributed by atoms with E-state index in [1.807, 2.05) is 25.1 Å². The maximum Gasteiger partial charge on any atom is 0.253 e. The predicted molar refractivity (Wildman–Crippen MR) is 122 cm³/mol. The predicted octanol–water partition coefficient (Wildman–Crippen LogP) is 3.65. The summed E-state index contributed by atoms with van der Waals surface area (Å²) in [7, 11) is -1.36. The minimum atomic E-state index is -1.36. The van der Waals surface area contributed by atoms with Crippen molar-refractivity contribution in [1.29, 1.82) is 0 Å². The van der Waals surface area contributed by atoms with Crippen LogP contribution in [0, 0.1) is 0 Å². The first kappa shape index (κ1) is 21.1. The lowest BCUT2D eigenvalue weighted by atomic mass is 10.0. The lowest BCUT2D eigenvalue weighted by Gasteiger charge is -2.24. The summed E-state index contributed by atoms with van der Waals surface area (Å²) in [6, 6.07) is 9.33. The van der Waals surface area contributed by atoms with Crippen molar-refractivity contribution in [3.05, 3.63) is 65.4 Å². The first-order valence-electron chi connectivity index (χ1n) is 9.86. The summed E-state index contributed by atoms with van der Waals surface area (Å²) < 4.78 is 18.0. The highest BCUT2D eigenvalue weighted by molar-refractivity contribution is 7.84. The average Bonchev–Trinajstić information content (AvgIpc) is 3.13. The minimum absolute atomic E-state index is 0.0748. The zero-order valence-corrected chi connectivity index (χ0v) is 18.5. The van der Waals surface area contributed by atoms with E-state index in [2.05, 4.69) is 16.5 Å². The third-order valence-electron chi connectivity index (χ3n) is 5.38. The van der Waals surface area contributed by atoms with Crippen LogP contribution >= 0.6 is 0 Å². The smallest absolute Gasteiger partial charge is 0.253 e. The molecule has 0 radical (unpaired) electrons. The topological polar surface area (TPSA) is 98.4 Å². The van der Waals surface area contributed by atoms with Crippen LogP contribution in [0.2, 0.25) is 0 Å². The molecule has 7 nitrogen and oxygen atoms in total. The van der Waals surface area contributed by atoms with Gasteiger partial charge in [0.2, 0.25) is 0 Å². The number of hydrogen-bond acceptors (Lipinski definition) is 6. The van der Waals surface area contributed by atoms with Gasteiger partial charge in [0, 0.05) is 29.0 Å². The van der Waals surface area contributed by atoms with Gasteiger partial charge >= 0.3 is 0 Å². The van der Waals surface area contributed by atoms with Crippen molar-refractivity contribution in [1.82, 2.24) is 9.97 Å². The first-order valence-corrected chi connectivity index (χ1v) is 11.4. The van der Waals surface area contributed by atoms with Crippen molar-refractivity contribution in [3.63, 3.8) is 0 Å². The third-order valence-corrected chi connectivity index (χ3v) is 6.24. The largest absolute Gasteiger partial charge is 0.383 e. The summed E-state index contributed by atoms with van der Waals surface area (Å²) >= 11 is 0. The summed E-state index contributed by atoms with van der Waals surface area (Å²) in [5.74, 6) is 0.207. The van der Waals surface area contributed by atoms with E-state index in [1.165, 1.54) is 0 Å². The Hall–Kier alpha value is -3.10. The molecule has 2 unspecified atom stereocenters. The molecule has 4 rings (SSSR count). The highest BCUT2D eigenvalue weighted by Crippen LogP contribution is 2.38. The molecule has 1 aliphatic heterocycles. The number of nitrogen functional groups attached to an aromatic ring is 1. The molecule has 31 heavy (non-hydrogen) atoms. The quantitative estimate of drug-likeness (QED) is 0.613. The Morgan fingerprint density at radius 1 is 1.39 bits per heavy atom. The molecule has 0 bridgehead atoms. The fourth-order valence-electron chi connectivity index (χ4n) is 3.90. The fraction of sp³-hybridized carbons (Fsp3) is 0.261. The number of amides is 1. The van der Waals surface area contributed by atoms with Crippen molar-refractivity contribution in [2.75, 3.05) is 16.9 Å². The van der Waals surface area contributed by atoms with Crippen molar-refractivity contribution < 1.29 is 13.7 Å². The Kier molecular flexibility index (Phi) is 5.60. The van der Waals surface area contributed by atoms with Gasteiger partial charge in [-0.2, -0.15) is 0 Å². The van der Waals surface area contributed by atoms with E-state index in [4.69, 9.17) is 10.5 Å². The molecule has 2 aromatic heterocycles. The molecule has 2 N–H and O–H groups in total. The summed E-state index contributed by atoms with van der Waals surface area (Å²) in [6.45, 7) is 8.17. The van der Waals surface area contributed by atoms with Gasteiger partial charge in [0.25, 0.3) is 5.91 Å². The number of fused-ring (bicyclic) bond motifs is 3. The number of anilines is 2. The number of benzene rings is 1. The second-order valence-corrected chi connectivity index (χ2v) is 8.94. The van der Waals surface area contributed by atoms with Crippen LogP contribution in [0.5, 0.6) is 0 Å². The lowest BCUT2D eigenvalue weighted by molar-refractivity contribution is -0.115. The Morgan fingerprint density at radius 2 is 2.16 bits per heavy atom. The van der Waals surface area contributed by atoms with E-state index in [0.29, 0.717) is 28.7 Å². The highest BCUT2D eigenvalue weighted by Gasteiger charge is 2.26.